The largest absolute Gasteiger partial charge is 0.480 e. The zero-order valence-electron chi connectivity index (χ0n) is 18.0. The Kier molecular flexibility index (Phi) is 7.02. The maximum atomic E-state index is 12.3. The van der Waals surface area contributed by atoms with Crippen LogP contribution in [-0.2, 0) is 32.0 Å². The van der Waals surface area contributed by atoms with E-state index in [1.165, 1.54) is 18.9 Å². The average molecular weight is 443 g/mol. The van der Waals surface area contributed by atoms with Crippen LogP contribution < -0.4 is 0 Å². The number of fused-ring (bicyclic) bond motifs is 1. The Balaban J connectivity index is 1.97. The Morgan fingerprint density at radius 2 is 1.87 bits per heavy atom. The second-order valence-electron chi connectivity index (χ2n) is 8.08. The summed E-state index contributed by atoms with van der Waals surface area (Å²) in [6.07, 6.45) is 0. The van der Waals surface area contributed by atoms with E-state index in [1.807, 2.05) is 30.3 Å². The van der Waals surface area contributed by atoms with Crippen molar-refractivity contribution in [2.75, 3.05) is 13.9 Å². The quantitative estimate of drug-likeness (QED) is 0.313. The number of esters is 1. The molecule has 0 fully saturated rings. The van der Waals surface area contributed by atoms with Gasteiger partial charge in [0.25, 0.3) is 0 Å². The highest BCUT2D eigenvalue weighted by Gasteiger charge is 2.22. The third-order valence-corrected chi connectivity index (χ3v) is 5.77. The van der Waals surface area contributed by atoms with Crippen LogP contribution in [0, 0.1) is 0 Å². The molecular weight excluding hydrogens is 416 g/mol. The van der Waals surface area contributed by atoms with E-state index in [4.69, 9.17) is 14.5 Å². The minimum Gasteiger partial charge on any atom is -0.480 e. The van der Waals surface area contributed by atoms with Gasteiger partial charge in [0.15, 0.2) is 11.9 Å². The molecule has 0 aliphatic carbocycles. The number of ether oxygens (including phenoxy) is 2. The van der Waals surface area contributed by atoms with Gasteiger partial charge in [-0.05, 0) is 28.7 Å². The summed E-state index contributed by atoms with van der Waals surface area (Å²) in [6.45, 7) is 6.00. The number of aliphatic carboxylic acids is 1. The fourth-order valence-corrected chi connectivity index (χ4v) is 4.32. The highest BCUT2D eigenvalue weighted by molar-refractivity contribution is 7.98. The fourth-order valence-electron chi connectivity index (χ4n) is 3.31. The molecule has 2 aromatic carbocycles. The zero-order chi connectivity index (χ0) is 22.6. The van der Waals surface area contributed by atoms with Crippen molar-refractivity contribution in [3.63, 3.8) is 0 Å². The van der Waals surface area contributed by atoms with Crippen molar-refractivity contribution in [1.82, 2.24) is 9.55 Å². The average Bonchev–Trinajstić information content (AvgIpc) is 3.06. The van der Waals surface area contributed by atoms with Crippen molar-refractivity contribution >= 4 is 34.7 Å². The summed E-state index contributed by atoms with van der Waals surface area (Å²) in [7, 11) is 1.45. The molecule has 0 amide bonds. The molecule has 0 spiro atoms. The number of nitrogens with zero attached hydrogens (tertiary/aromatic N) is 2. The summed E-state index contributed by atoms with van der Waals surface area (Å²) in [4.78, 5) is 28.7. The molecule has 3 rings (SSSR count). The molecule has 164 valence electrons. The van der Waals surface area contributed by atoms with Crippen LogP contribution in [0.4, 0.5) is 0 Å². The number of hydrogen-bond donors (Lipinski definition) is 1. The SMILES string of the molecule is COCOC(=O)c1ccccc1CSc1nc2c(C(C)(C)C)cccc2n1CC(=O)O. The number of aromatic nitrogens is 2. The smallest absolute Gasteiger partial charge is 0.340 e. The number of imidazole rings is 1. The highest BCUT2D eigenvalue weighted by Crippen LogP contribution is 2.33. The number of benzene rings is 2. The molecule has 0 saturated carbocycles. The summed E-state index contributed by atoms with van der Waals surface area (Å²) < 4.78 is 11.6. The van der Waals surface area contributed by atoms with Crippen LogP contribution in [0.5, 0.6) is 0 Å². The third-order valence-electron chi connectivity index (χ3n) is 4.75. The van der Waals surface area contributed by atoms with Crippen LogP contribution in [0.25, 0.3) is 11.0 Å². The van der Waals surface area contributed by atoms with Crippen LogP contribution in [0.15, 0.2) is 47.6 Å². The number of methoxy groups -OCH3 is 1. The Bertz CT molecular complexity index is 1100. The number of carboxylic acid groups (broad SMARTS) is 1. The van der Waals surface area contributed by atoms with Gasteiger partial charge in [-0.3, -0.25) is 4.79 Å². The molecule has 1 heterocycles. The minimum atomic E-state index is -0.939. The number of rotatable bonds is 8. The van der Waals surface area contributed by atoms with Crippen LogP contribution >= 0.6 is 11.8 Å². The molecule has 0 radical (unpaired) electrons. The van der Waals surface area contributed by atoms with Gasteiger partial charge in [-0.15, -0.1) is 0 Å². The van der Waals surface area contributed by atoms with Gasteiger partial charge < -0.3 is 19.1 Å². The number of carbonyl (C=O) groups is 2. The maximum Gasteiger partial charge on any atom is 0.340 e. The van der Waals surface area contributed by atoms with Crippen molar-refractivity contribution in [3.05, 3.63) is 59.2 Å². The molecule has 0 aliphatic rings. The Labute approximate surface area is 185 Å². The van der Waals surface area contributed by atoms with Gasteiger partial charge in [0.2, 0.25) is 0 Å². The predicted octanol–water partition coefficient (Wildman–Crippen LogP) is 4.47. The van der Waals surface area contributed by atoms with Gasteiger partial charge >= 0.3 is 11.9 Å². The molecule has 0 bridgehead atoms. The minimum absolute atomic E-state index is 0.121. The zero-order valence-corrected chi connectivity index (χ0v) is 18.9. The summed E-state index contributed by atoms with van der Waals surface area (Å²) >= 11 is 1.39. The Morgan fingerprint density at radius 1 is 1.13 bits per heavy atom. The molecule has 0 atom stereocenters. The number of hydrogen-bond acceptors (Lipinski definition) is 6. The molecule has 0 aliphatic heterocycles. The van der Waals surface area contributed by atoms with Gasteiger partial charge in [0.05, 0.1) is 16.6 Å². The topological polar surface area (TPSA) is 90.7 Å². The molecule has 1 N–H and O–H groups in total. The van der Waals surface area contributed by atoms with Crippen molar-refractivity contribution in [1.29, 1.82) is 0 Å². The molecule has 8 heteroatoms. The number of thioether (sulfide) groups is 1. The molecule has 0 unspecified atom stereocenters. The first-order valence-corrected chi connectivity index (χ1v) is 10.8. The Hall–Kier alpha value is -2.84. The number of carbonyl (C=O) groups excluding carboxylic acids is 1. The van der Waals surface area contributed by atoms with Crippen LogP contribution in [0.1, 0.15) is 42.3 Å². The summed E-state index contributed by atoms with van der Waals surface area (Å²) in [6, 6.07) is 13.0. The van der Waals surface area contributed by atoms with Gasteiger partial charge in [-0.25, -0.2) is 9.78 Å². The third kappa shape index (κ3) is 5.26. The van der Waals surface area contributed by atoms with Crippen LogP contribution in [0.3, 0.4) is 0 Å². The van der Waals surface area contributed by atoms with Crippen molar-refractivity contribution < 1.29 is 24.2 Å². The lowest BCUT2D eigenvalue weighted by molar-refractivity contribution is -0.137. The predicted molar refractivity (Wildman–Crippen MR) is 119 cm³/mol. The summed E-state index contributed by atoms with van der Waals surface area (Å²) in [5.41, 5.74) is 3.72. The van der Waals surface area contributed by atoms with Crippen molar-refractivity contribution in [3.8, 4) is 0 Å². The monoisotopic (exact) mass is 442 g/mol. The molecule has 3 aromatic rings. The van der Waals surface area contributed by atoms with Gasteiger partial charge in [0, 0.05) is 12.9 Å². The van der Waals surface area contributed by atoms with Crippen LogP contribution in [-0.4, -0.2) is 40.5 Å². The van der Waals surface area contributed by atoms with Gasteiger partial charge in [-0.2, -0.15) is 0 Å². The molecule has 7 nitrogen and oxygen atoms in total. The second-order valence-corrected chi connectivity index (χ2v) is 9.02. The first-order valence-electron chi connectivity index (χ1n) is 9.80. The van der Waals surface area contributed by atoms with E-state index >= 15 is 0 Å². The number of para-hydroxylation sites is 1. The lowest BCUT2D eigenvalue weighted by Crippen LogP contribution is -2.12. The lowest BCUT2D eigenvalue weighted by Gasteiger charge is -2.19. The van der Waals surface area contributed by atoms with Crippen molar-refractivity contribution in [2.24, 2.45) is 0 Å². The van der Waals surface area contributed by atoms with E-state index < -0.39 is 11.9 Å². The van der Waals surface area contributed by atoms with Gasteiger partial charge in [-0.1, -0.05) is 62.9 Å². The fraction of sp³-hybridized carbons (Fsp3) is 0.348. The summed E-state index contributed by atoms with van der Waals surface area (Å²) in [5.74, 6) is -0.968. The maximum absolute atomic E-state index is 12.3. The van der Waals surface area contributed by atoms with E-state index in [9.17, 15) is 14.7 Å². The first kappa shape index (κ1) is 22.8. The standard InChI is InChI=1S/C23H26N2O5S/c1-23(2,3)17-10-7-11-18-20(17)24-22(25(18)12-19(26)27)31-13-15-8-5-6-9-16(15)21(28)30-14-29-4/h5-11H,12-14H2,1-4H3,(H,26,27). The van der Waals surface area contributed by atoms with Gasteiger partial charge in [0.1, 0.15) is 6.54 Å². The Morgan fingerprint density at radius 3 is 2.55 bits per heavy atom. The van der Waals surface area contributed by atoms with E-state index in [2.05, 4.69) is 20.8 Å². The second kappa shape index (κ2) is 9.53. The van der Waals surface area contributed by atoms with E-state index in [-0.39, 0.29) is 18.8 Å². The van der Waals surface area contributed by atoms with E-state index in [0.717, 1.165) is 22.2 Å². The molecule has 31 heavy (non-hydrogen) atoms. The molecular formula is C23H26N2O5S. The first-order chi connectivity index (χ1) is 14.7. The lowest BCUT2D eigenvalue weighted by atomic mass is 9.86. The summed E-state index contributed by atoms with van der Waals surface area (Å²) in [5, 5.41) is 10.0. The molecule has 0 saturated heterocycles. The molecule has 1 aromatic heterocycles. The highest BCUT2D eigenvalue weighted by atomic mass is 32.2. The van der Waals surface area contributed by atoms with Crippen LogP contribution in [0.2, 0.25) is 0 Å². The van der Waals surface area contributed by atoms with E-state index in [0.29, 0.717) is 16.5 Å². The van der Waals surface area contributed by atoms with Crippen molar-refractivity contribution in [2.45, 2.75) is 43.6 Å². The van der Waals surface area contributed by atoms with E-state index in [1.54, 1.807) is 16.7 Å². The normalized spacial score (nSPS) is 11.6. The number of carboxylic acids is 1.